The van der Waals surface area contributed by atoms with Gasteiger partial charge in [-0.3, -0.25) is 14.6 Å². The van der Waals surface area contributed by atoms with Crippen LogP contribution < -0.4 is 5.32 Å². The van der Waals surface area contributed by atoms with E-state index < -0.39 is 0 Å². The Morgan fingerprint density at radius 1 is 1.29 bits per heavy atom. The molecule has 1 aliphatic rings. The lowest BCUT2D eigenvalue weighted by molar-refractivity contribution is -0.126. The number of piperazine rings is 1. The fraction of sp³-hybridized carbons (Fsp3) is 0.471. The van der Waals surface area contributed by atoms with Gasteiger partial charge in [-0.1, -0.05) is 36.4 Å². The molecule has 2 rings (SSSR count). The number of amides is 1. The van der Waals surface area contributed by atoms with E-state index >= 15 is 0 Å². The Kier molecular flexibility index (Phi) is 5.96. The third-order valence-corrected chi connectivity index (χ3v) is 4.00. The first-order valence-electron chi connectivity index (χ1n) is 7.59. The molecule has 4 heteroatoms. The van der Waals surface area contributed by atoms with E-state index in [1.54, 1.807) is 6.08 Å². The van der Waals surface area contributed by atoms with Gasteiger partial charge in [-0.05, 0) is 12.5 Å². The summed E-state index contributed by atoms with van der Waals surface area (Å²) in [5, 5.41) is 2.87. The van der Waals surface area contributed by atoms with Crippen LogP contribution in [0.4, 0.5) is 0 Å². The van der Waals surface area contributed by atoms with E-state index in [1.165, 1.54) is 5.56 Å². The normalized spacial score (nSPS) is 18.1. The maximum atomic E-state index is 12.0. The fourth-order valence-electron chi connectivity index (χ4n) is 2.64. The number of carbonyl (C=O) groups is 1. The van der Waals surface area contributed by atoms with Crippen molar-refractivity contribution in [3.63, 3.8) is 0 Å². The lowest BCUT2D eigenvalue weighted by atomic mass is 10.1. The molecule has 114 valence electrons. The van der Waals surface area contributed by atoms with Gasteiger partial charge < -0.3 is 5.32 Å². The second-order valence-electron chi connectivity index (χ2n) is 5.51. The summed E-state index contributed by atoms with van der Waals surface area (Å²) in [6.45, 7) is 11.0. The number of carbonyl (C=O) groups excluding carboxylic acids is 1. The van der Waals surface area contributed by atoms with Crippen molar-refractivity contribution in [2.24, 2.45) is 0 Å². The molecule has 1 heterocycles. The van der Waals surface area contributed by atoms with Gasteiger partial charge in [0.05, 0.1) is 6.04 Å². The minimum absolute atomic E-state index is 0.0659. The van der Waals surface area contributed by atoms with Crippen molar-refractivity contribution in [1.29, 1.82) is 0 Å². The topological polar surface area (TPSA) is 35.6 Å². The van der Waals surface area contributed by atoms with Gasteiger partial charge >= 0.3 is 0 Å². The van der Waals surface area contributed by atoms with Crippen LogP contribution in [0.2, 0.25) is 0 Å². The van der Waals surface area contributed by atoms with Gasteiger partial charge in [-0.2, -0.15) is 0 Å². The average Bonchev–Trinajstić information content (AvgIpc) is 2.53. The van der Waals surface area contributed by atoms with E-state index in [2.05, 4.69) is 46.0 Å². The number of hydrogen-bond donors (Lipinski definition) is 1. The molecule has 0 aliphatic carbocycles. The monoisotopic (exact) mass is 287 g/mol. The number of hydrogen-bond acceptors (Lipinski definition) is 3. The summed E-state index contributed by atoms with van der Waals surface area (Å²) in [5.74, 6) is 0.0893. The van der Waals surface area contributed by atoms with Crippen LogP contribution in [0.3, 0.4) is 0 Å². The van der Waals surface area contributed by atoms with Crippen molar-refractivity contribution in [3.05, 3.63) is 48.6 Å². The summed E-state index contributed by atoms with van der Waals surface area (Å²) < 4.78 is 0. The van der Waals surface area contributed by atoms with Crippen LogP contribution in [0, 0.1) is 0 Å². The lowest BCUT2D eigenvalue weighted by Gasteiger charge is -2.37. The zero-order chi connectivity index (χ0) is 15.1. The van der Waals surface area contributed by atoms with Crippen molar-refractivity contribution >= 4 is 5.91 Å². The van der Waals surface area contributed by atoms with Gasteiger partial charge in [0.15, 0.2) is 0 Å². The second kappa shape index (κ2) is 7.96. The highest BCUT2D eigenvalue weighted by molar-refractivity contribution is 5.81. The van der Waals surface area contributed by atoms with Gasteiger partial charge in [-0.25, -0.2) is 0 Å². The molecule has 1 amide bonds. The SMILES string of the molecule is C=CCNC(=O)C(C)N1CCN(Cc2ccccc2)CC1. The molecule has 0 aromatic heterocycles. The van der Waals surface area contributed by atoms with E-state index in [1.807, 2.05) is 13.0 Å². The van der Waals surface area contributed by atoms with Gasteiger partial charge in [0.2, 0.25) is 5.91 Å². The third kappa shape index (κ3) is 4.69. The molecular formula is C17H25N3O. The van der Waals surface area contributed by atoms with Gasteiger partial charge in [0.25, 0.3) is 0 Å². The van der Waals surface area contributed by atoms with E-state index in [4.69, 9.17) is 0 Å². The van der Waals surface area contributed by atoms with Gasteiger partial charge in [0, 0.05) is 39.3 Å². The summed E-state index contributed by atoms with van der Waals surface area (Å²) in [4.78, 5) is 16.7. The highest BCUT2D eigenvalue weighted by atomic mass is 16.2. The Morgan fingerprint density at radius 3 is 2.57 bits per heavy atom. The Balaban J connectivity index is 1.77. The molecule has 1 aromatic rings. The maximum Gasteiger partial charge on any atom is 0.237 e. The number of nitrogens with one attached hydrogen (secondary N) is 1. The number of benzene rings is 1. The highest BCUT2D eigenvalue weighted by Gasteiger charge is 2.25. The number of rotatable bonds is 6. The van der Waals surface area contributed by atoms with Crippen molar-refractivity contribution in [1.82, 2.24) is 15.1 Å². The van der Waals surface area contributed by atoms with Crippen LogP contribution in [0.25, 0.3) is 0 Å². The Morgan fingerprint density at radius 2 is 1.95 bits per heavy atom. The smallest absolute Gasteiger partial charge is 0.237 e. The van der Waals surface area contributed by atoms with Crippen molar-refractivity contribution in [2.75, 3.05) is 32.7 Å². The third-order valence-electron chi connectivity index (χ3n) is 4.00. The van der Waals surface area contributed by atoms with Crippen LogP contribution in [0.5, 0.6) is 0 Å². The largest absolute Gasteiger partial charge is 0.351 e. The van der Waals surface area contributed by atoms with Crippen LogP contribution in [-0.4, -0.2) is 54.5 Å². The molecule has 1 fully saturated rings. The first-order chi connectivity index (χ1) is 10.2. The summed E-state index contributed by atoms with van der Waals surface area (Å²) in [6.07, 6.45) is 1.71. The molecule has 1 N–H and O–H groups in total. The average molecular weight is 287 g/mol. The van der Waals surface area contributed by atoms with Gasteiger partial charge in [-0.15, -0.1) is 6.58 Å². The van der Waals surface area contributed by atoms with Crippen LogP contribution in [0.1, 0.15) is 12.5 Å². The van der Waals surface area contributed by atoms with Crippen LogP contribution >= 0.6 is 0 Å². The quantitative estimate of drug-likeness (QED) is 0.805. The number of nitrogens with zero attached hydrogens (tertiary/aromatic N) is 2. The molecule has 1 saturated heterocycles. The Bertz CT molecular complexity index is 452. The molecule has 1 aromatic carbocycles. The van der Waals surface area contributed by atoms with Crippen LogP contribution in [0.15, 0.2) is 43.0 Å². The van der Waals surface area contributed by atoms with E-state index in [0.29, 0.717) is 6.54 Å². The summed E-state index contributed by atoms with van der Waals surface area (Å²) >= 11 is 0. The minimum atomic E-state index is -0.0659. The Hall–Kier alpha value is -1.65. The van der Waals surface area contributed by atoms with Crippen molar-refractivity contribution < 1.29 is 4.79 Å². The summed E-state index contributed by atoms with van der Waals surface area (Å²) in [5.41, 5.74) is 1.35. The molecule has 1 atom stereocenters. The molecule has 4 nitrogen and oxygen atoms in total. The van der Waals surface area contributed by atoms with E-state index in [9.17, 15) is 4.79 Å². The zero-order valence-electron chi connectivity index (χ0n) is 12.8. The predicted octanol–water partition coefficient (Wildman–Crippen LogP) is 1.49. The van der Waals surface area contributed by atoms with Crippen molar-refractivity contribution in [3.8, 4) is 0 Å². The predicted molar refractivity (Wildman–Crippen MR) is 86.0 cm³/mol. The van der Waals surface area contributed by atoms with Crippen LogP contribution in [-0.2, 0) is 11.3 Å². The van der Waals surface area contributed by atoms with Gasteiger partial charge in [0.1, 0.15) is 0 Å². The molecule has 0 bridgehead atoms. The molecule has 0 saturated carbocycles. The second-order valence-corrected chi connectivity index (χ2v) is 5.51. The van der Waals surface area contributed by atoms with Crippen molar-refractivity contribution in [2.45, 2.75) is 19.5 Å². The first-order valence-corrected chi connectivity index (χ1v) is 7.59. The highest BCUT2D eigenvalue weighted by Crippen LogP contribution is 2.10. The molecule has 1 aliphatic heterocycles. The summed E-state index contributed by atoms with van der Waals surface area (Å²) in [6, 6.07) is 10.5. The zero-order valence-corrected chi connectivity index (χ0v) is 12.8. The summed E-state index contributed by atoms with van der Waals surface area (Å²) in [7, 11) is 0. The molecular weight excluding hydrogens is 262 g/mol. The first kappa shape index (κ1) is 15.7. The molecule has 1 unspecified atom stereocenters. The lowest BCUT2D eigenvalue weighted by Crippen LogP contribution is -2.53. The van der Waals surface area contributed by atoms with E-state index in [-0.39, 0.29) is 11.9 Å². The fourth-order valence-corrected chi connectivity index (χ4v) is 2.64. The molecule has 0 radical (unpaired) electrons. The maximum absolute atomic E-state index is 12.0. The standard InChI is InChI=1S/C17H25N3O/c1-3-9-18-17(21)15(2)20-12-10-19(11-13-20)14-16-7-5-4-6-8-16/h3-8,15H,1,9-14H2,2H3,(H,18,21). The minimum Gasteiger partial charge on any atom is -0.351 e. The molecule has 21 heavy (non-hydrogen) atoms. The Labute approximate surface area is 127 Å². The molecule has 0 spiro atoms. The van der Waals surface area contributed by atoms with E-state index in [0.717, 1.165) is 32.7 Å².